The van der Waals surface area contributed by atoms with E-state index in [1.165, 1.54) is 12.1 Å². The van der Waals surface area contributed by atoms with E-state index in [0.29, 0.717) is 14.2 Å². The number of rotatable bonds is 4. The summed E-state index contributed by atoms with van der Waals surface area (Å²) < 4.78 is 84.6. The van der Waals surface area contributed by atoms with Crippen molar-refractivity contribution in [3.63, 3.8) is 0 Å². The van der Waals surface area contributed by atoms with Gasteiger partial charge in [0.05, 0.1) is 28.6 Å². The molecule has 3 rings (SSSR count). The normalized spacial score (nSPS) is 11.0. The molecular weight excluding hydrogens is 545 g/mol. The average molecular weight is 553 g/mol. The minimum Gasteiger partial charge on any atom is -0.545 e. The molecule has 1 heterocycles. The summed E-state index contributed by atoms with van der Waals surface area (Å²) in [7, 11) is 0.859. The molecule has 0 fully saturated rings. The van der Waals surface area contributed by atoms with Crippen molar-refractivity contribution in [2.75, 3.05) is 5.32 Å². The SMILES string of the molecule is Cn1c(-c2c(F)c(F)c(F)c(F)c2F)c(C(=O)[O-])c(Nc2ccc(I)cc2F)cc1=O. The van der Waals surface area contributed by atoms with Gasteiger partial charge < -0.3 is 19.8 Å². The van der Waals surface area contributed by atoms with Crippen LogP contribution in [0, 0.1) is 38.5 Å². The second-order valence-electron chi connectivity index (χ2n) is 6.16. The minimum atomic E-state index is -2.46. The molecule has 0 unspecified atom stereocenters. The lowest BCUT2D eigenvalue weighted by Gasteiger charge is -2.21. The van der Waals surface area contributed by atoms with Gasteiger partial charge in [-0.05, 0) is 40.8 Å². The van der Waals surface area contributed by atoms with E-state index in [0.717, 1.165) is 13.1 Å². The summed E-state index contributed by atoms with van der Waals surface area (Å²) in [6.07, 6.45) is 0. The van der Waals surface area contributed by atoms with E-state index in [1.54, 1.807) is 22.6 Å². The Bertz CT molecular complexity index is 1280. The molecule has 0 bridgehead atoms. The number of carboxylic acids is 1. The van der Waals surface area contributed by atoms with Crippen molar-refractivity contribution < 1.29 is 36.2 Å². The maximum atomic E-state index is 14.4. The predicted octanol–water partition coefficient (Wildman–Crippen LogP) is 3.60. The van der Waals surface area contributed by atoms with Gasteiger partial charge in [0.15, 0.2) is 23.3 Å². The number of pyridine rings is 1. The maximum absolute atomic E-state index is 14.4. The molecular formula is C19H8F6IN2O3-. The van der Waals surface area contributed by atoms with Crippen LogP contribution in [-0.2, 0) is 7.05 Å². The van der Waals surface area contributed by atoms with Gasteiger partial charge in [0, 0.05) is 22.2 Å². The summed E-state index contributed by atoms with van der Waals surface area (Å²) in [5.74, 6) is -14.8. The van der Waals surface area contributed by atoms with Crippen molar-refractivity contribution >= 4 is 39.9 Å². The molecule has 0 aliphatic heterocycles. The van der Waals surface area contributed by atoms with Crippen LogP contribution < -0.4 is 16.0 Å². The van der Waals surface area contributed by atoms with Crippen LogP contribution in [0.5, 0.6) is 0 Å². The summed E-state index contributed by atoms with van der Waals surface area (Å²) in [4.78, 5) is 24.1. The van der Waals surface area contributed by atoms with Gasteiger partial charge >= 0.3 is 0 Å². The van der Waals surface area contributed by atoms with Crippen LogP contribution >= 0.6 is 22.6 Å². The van der Waals surface area contributed by atoms with Crippen LogP contribution in [0.15, 0.2) is 29.1 Å². The molecule has 0 radical (unpaired) electrons. The lowest BCUT2D eigenvalue weighted by Crippen LogP contribution is -2.30. The lowest BCUT2D eigenvalue weighted by atomic mass is 10.0. The second-order valence-corrected chi connectivity index (χ2v) is 7.41. The van der Waals surface area contributed by atoms with E-state index >= 15 is 0 Å². The van der Waals surface area contributed by atoms with E-state index < -0.39 is 68.9 Å². The van der Waals surface area contributed by atoms with Crippen molar-refractivity contribution in [3.8, 4) is 11.3 Å². The van der Waals surface area contributed by atoms with E-state index in [2.05, 4.69) is 5.32 Å². The van der Waals surface area contributed by atoms with Gasteiger partial charge in [-0.3, -0.25) is 4.79 Å². The number of nitrogens with zero attached hydrogens (tertiary/aromatic N) is 1. The Morgan fingerprint density at radius 3 is 2.00 bits per heavy atom. The van der Waals surface area contributed by atoms with Gasteiger partial charge in [-0.2, -0.15) is 0 Å². The largest absolute Gasteiger partial charge is 0.545 e. The highest BCUT2D eigenvalue weighted by molar-refractivity contribution is 14.1. The Balaban J connectivity index is 2.41. The van der Waals surface area contributed by atoms with E-state index in [-0.39, 0.29) is 5.69 Å². The third-order valence-electron chi connectivity index (χ3n) is 4.29. The zero-order valence-electron chi connectivity index (χ0n) is 15.1. The fourth-order valence-corrected chi connectivity index (χ4v) is 3.30. The van der Waals surface area contributed by atoms with E-state index in [4.69, 9.17) is 0 Å². The molecule has 0 aliphatic carbocycles. The van der Waals surface area contributed by atoms with Crippen LogP contribution in [0.25, 0.3) is 11.3 Å². The molecule has 0 saturated carbocycles. The zero-order chi connectivity index (χ0) is 23.2. The molecule has 0 spiro atoms. The molecule has 5 nitrogen and oxygen atoms in total. The molecule has 0 aliphatic rings. The molecule has 1 aromatic heterocycles. The number of benzene rings is 2. The van der Waals surface area contributed by atoms with Crippen LogP contribution in [-0.4, -0.2) is 10.5 Å². The molecule has 1 N–H and O–H groups in total. The highest BCUT2D eigenvalue weighted by atomic mass is 127. The molecule has 31 heavy (non-hydrogen) atoms. The number of aromatic nitrogens is 1. The number of halogens is 7. The Morgan fingerprint density at radius 1 is 0.935 bits per heavy atom. The van der Waals surface area contributed by atoms with Crippen molar-refractivity contribution in [3.05, 3.63) is 78.7 Å². The minimum absolute atomic E-state index is 0.320. The molecule has 0 amide bonds. The summed E-state index contributed by atoms with van der Waals surface area (Å²) in [6.45, 7) is 0. The first kappa shape index (κ1) is 22.7. The molecule has 3 aromatic rings. The Morgan fingerprint density at radius 2 is 1.48 bits per heavy atom. The van der Waals surface area contributed by atoms with Crippen LogP contribution in [0.4, 0.5) is 37.7 Å². The summed E-state index contributed by atoms with van der Waals surface area (Å²) >= 11 is 1.80. The summed E-state index contributed by atoms with van der Waals surface area (Å²) in [5.41, 5.74) is -6.02. The van der Waals surface area contributed by atoms with Gasteiger partial charge in [0.25, 0.3) is 5.56 Å². The highest BCUT2D eigenvalue weighted by Crippen LogP contribution is 2.36. The van der Waals surface area contributed by atoms with Gasteiger partial charge in [0.2, 0.25) is 5.82 Å². The van der Waals surface area contributed by atoms with Crippen molar-refractivity contribution in [2.24, 2.45) is 7.05 Å². The summed E-state index contributed by atoms with van der Waals surface area (Å²) in [6, 6.07) is 4.33. The molecule has 2 aromatic carbocycles. The fraction of sp³-hybridized carbons (Fsp3) is 0.0526. The predicted molar refractivity (Wildman–Crippen MR) is 104 cm³/mol. The first-order chi connectivity index (χ1) is 14.5. The number of anilines is 2. The molecule has 162 valence electrons. The third kappa shape index (κ3) is 3.86. The number of aromatic carboxylic acids is 1. The van der Waals surface area contributed by atoms with Crippen LogP contribution in [0.2, 0.25) is 0 Å². The van der Waals surface area contributed by atoms with Crippen LogP contribution in [0.1, 0.15) is 10.4 Å². The van der Waals surface area contributed by atoms with Gasteiger partial charge in [-0.1, -0.05) is 0 Å². The van der Waals surface area contributed by atoms with Crippen molar-refractivity contribution in [1.82, 2.24) is 4.57 Å². The van der Waals surface area contributed by atoms with E-state index in [1.807, 2.05) is 0 Å². The van der Waals surface area contributed by atoms with Crippen molar-refractivity contribution in [1.29, 1.82) is 0 Å². The molecule has 12 heteroatoms. The number of nitrogens with one attached hydrogen (secondary N) is 1. The summed E-state index contributed by atoms with van der Waals surface area (Å²) in [5, 5.41) is 14.1. The Kier molecular flexibility index (Phi) is 6.02. The Labute approximate surface area is 183 Å². The number of hydrogen-bond acceptors (Lipinski definition) is 4. The van der Waals surface area contributed by atoms with Gasteiger partial charge in [-0.15, -0.1) is 0 Å². The smallest absolute Gasteiger partial charge is 0.252 e. The number of carbonyl (C=O) groups is 1. The monoisotopic (exact) mass is 553 g/mol. The molecule has 0 atom stereocenters. The average Bonchev–Trinajstić information content (AvgIpc) is 2.70. The maximum Gasteiger partial charge on any atom is 0.252 e. The number of hydrogen-bond donors (Lipinski definition) is 1. The molecule has 0 saturated heterocycles. The standard InChI is InChI=1S/C19H9F6IN2O3/c1-28-10(29)5-9(27-8-3-2-6(26)4-7(8)20)11(19(30)31)18(28)12-13(21)15(23)17(25)16(24)14(12)22/h2-5,27H,1H3,(H,30,31)/p-1. The Hall–Kier alpha value is -3.03. The second kappa shape index (κ2) is 8.24. The zero-order valence-corrected chi connectivity index (χ0v) is 17.3. The first-order valence-electron chi connectivity index (χ1n) is 8.15. The van der Waals surface area contributed by atoms with Gasteiger partial charge in [-0.25, -0.2) is 26.3 Å². The van der Waals surface area contributed by atoms with Gasteiger partial charge in [0.1, 0.15) is 5.82 Å². The quantitative estimate of drug-likeness (QED) is 0.232. The number of carbonyl (C=O) groups excluding carboxylic acids is 1. The lowest BCUT2D eigenvalue weighted by molar-refractivity contribution is -0.254. The first-order valence-corrected chi connectivity index (χ1v) is 9.22. The van der Waals surface area contributed by atoms with E-state index in [9.17, 15) is 41.0 Å². The number of carboxylic acid groups (broad SMARTS) is 1. The van der Waals surface area contributed by atoms with Crippen LogP contribution in [0.3, 0.4) is 0 Å². The third-order valence-corrected chi connectivity index (χ3v) is 4.96. The fourth-order valence-electron chi connectivity index (χ4n) is 2.84. The topological polar surface area (TPSA) is 74.2 Å². The van der Waals surface area contributed by atoms with Crippen molar-refractivity contribution in [2.45, 2.75) is 0 Å². The highest BCUT2D eigenvalue weighted by Gasteiger charge is 2.30.